The first-order valence-electron chi connectivity index (χ1n) is 6.24. The van der Waals surface area contributed by atoms with Crippen LogP contribution in [-0.4, -0.2) is 11.7 Å². The van der Waals surface area contributed by atoms with Crippen LogP contribution in [0.1, 0.15) is 41.5 Å². The number of aryl methyl sites for hydroxylation is 3. The summed E-state index contributed by atoms with van der Waals surface area (Å²) in [5.41, 5.74) is 5.74. The molecule has 0 aliphatic heterocycles. The van der Waals surface area contributed by atoms with Gasteiger partial charge in [-0.2, -0.15) is 0 Å². The number of hydrogen-bond donors (Lipinski definition) is 1. The molecular formula is C15H22O. The first-order valence-corrected chi connectivity index (χ1v) is 6.24. The Balaban J connectivity index is 2.24. The third kappa shape index (κ3) is 2.01. The second kappa shape index (κ2) is 4.21. The Morgan fingerprint density at radius 3 is 2.19 bits per heavy atom. The molecule has 1 aliphatic rings. The third-order valence-corrected chi connectivity index (χ3v) is 4.27. The minimum absolute atomic E-state index is 0.201. The SMILES string of the molecule is Cc1cc(C)c(CC2(CO)CCC2)cc1C. The van der Waals surface area contributed by atoms with Gasteiger partial charge in [-0.15, -0.1) is 0 Å². The topological polar surface area (TPSA) is 20.2 Å². The summed E-state index contributed by atoms with van der Waals surface area (Å²) in [4.78, 5) is 0. The predicted molar refractivity (Wildman–Crippen MR) is 67.7 cm³/mol. The lowest BCUT2D eigenvalue weighted by Gasteiger charge is -2.41. The number of aliphatic hydroxyl groups is 1. The van der Waals surface area contributed by atoms with Gasteiger partial charge in [0.1, 0.15) is 0 Å². The molecule has 1 saturated carbocycles. The van der Waals surface area contributed by atoms with Gasteiger partial charge in [-0.25, -0.2) is 0 Å². The van der Waals surface area contributed by atoms with Crippen LogP contribution in [0.15, 0.2) is 12.1 Å². The molecule has 0 spiro atoms. The average molecular weight is 218 g/mol. The van der Waals surface area contributed by atoms with E-state index in [0.717, 1.165) is 6.42 Å². The molecule has 0 radical (unpaired) electrons. The zero-order valence-corrected chi connectivity index (χ0v) is 10.6. The van der Waals surface area contributed by atoms with E-state index in [4.69, 9.17) is 0 Å². The van der Waals surface area contributed by atoms with Crippen molar-refractivity contribution < 1.29 is 5.11 Å². The van der Waals surface area contributed by atoms with Crippen LogP contribution in [0.25, 0.3) is 0 Å². The molecule has 1 aromatic rings. The maximum atomic E-state index is 9.51. The minimum atomic E-state index is 0.201. The Bertz CT molecular complexity index is 383. The van der Waals surface area contributed by atoms with Gasteiger partial charge in [-0.05, 0) is 67.7 Å². The molecule has 1 fully saturated rings. The van der Waals surface area contributed by atoms with E-state index in [9.17, 15) is 5.11 Å². The van der Waals surface area contributed by atoms with E-state index < -0.39 is 0 Å². The zero-order chi connectivity index (χ0) is 11.8. The highest BCUT2D eigenvalue weighted by molar-refractivity contribution is 5.37. The number of benzene rings is 1. The lowest BCUT2D eigenvalue weighted by molar-refractivity contribution is 0.0449. The molecule has 0 bridgehead atoms. The van der Waals surface area contributed by atoms with Crippen LogP contribution in [0.5, 0.6) is 0 Å². The minimum Gasteiger partial charge on any atom is -0.396 e. The summed E-state index contributed by atoms with van der Waals surface area (Å²) >= 11 is 0. The summed E-state index contributed by atoms with van der Waals surface area (Å²) < 4.78 is 0. The van der Waals surface area contributed by atoms with Gasteiger partial charge in [0.25, 0.3) is 0 Å². The van der Waals surface area contributed by atoms with Crippen LogP contribution < -0.4 is 0 Å². The van der Waals surface area contributed by atoms with Gasteiger partial charge in [-0.1, -0.05) is 18.6 Å². The second-order valence-electron chi connectivity index (χ2n) is 5.55. The largest absolute Gasteiger partial charge is 0.396 e. The summed E-state index contributed by atoms with van der Waals surface area (Å²) in [6, 6.07) is 4.58. The van der Waals surface area contributed by atoms with E-state index in [2.05, 4.69) is 32.9 Å². The fraction of sp³-hybridized carbons (Fsp3) is 0.600. The van der Waals surface area contributed by atoms with Crippen molar-refractivity contribution >= 4 is 0 Å². The van der Waals surface area contributed by atoms with Crippen LogP contribution >= 0.6 is 0 Å². The van der Waals surface area contributed by atoms with Crippen molar-refractivity contribution in [3.63, 3.8) is 0 Å². The molecule has 88 valence electrons. The van der Waals surface area contributed by atoms with Gasteiger partial charge in [0.2, 0.25) is 0 Å². The molecule has 16 heavy (non-hydrogen) atoms. The number of rotatable bonds is 3. The molecule has 0 unspecified atom stereocenters. The molecule has 0 aromatic heterocycles. The summed E-state index contributed by atoms with van der Waals surface area (Å²) in [6.45, 7) is 6.87. The van der Waals surface area contributed by atoms with Crippen molar-refractivity contribution in [3.05, 3.63) is 34.4 Å². The Morgan fingerprint density at radius 1 is 1.06 bits per heavy atom. The standard InChI is InChI=1S/C15H22O/c1-11-7-13(3)14(8-12(11)2)9-15(10-16)5-4-6-15/h7-8,16H,4-6,9-10H2,1-3H3. The van der Waals surface area contributed by atoms with Gasteiger partial charge in [0.15, 0.2) is 0 Å². The van der Waals surface area contributed by atoms with E-state index in [-0.39, 0.29) is 5.41 Å². The Labute approximate surface area is 98.5 Å². The molecule has 1 heteroatoms. The van der Waals surface area contributed by atoms with Gasteiger partial charge in [-0.3, -0.25) is 0 Å². The molecule has 1 aliphatic carbocycles. The van der Waals surface area contributed by atoms with Gasteiger partial charge in [0.05, 0.1) is 0 Å². The van der Waals surface area contributed by atoms with Crippen molar-refractivity contribution in [2.24, 2.45) is 5.41 Å². The highest BCUT2D eigenvalue weighted by Crippen LogP contribution is 2.43. The number of hydrogen-bond acceptors (Lipinski definition) is 1. The van der Waals surface area contributed by atoms with Gasteiger partial charge < -0.3 is 5.11 Å². The lowest BCUT2D eigenvalue weighted by atomic mass is 9.65. The van der Waals surface area contributed by atoms with Crippen LogP contribution in [0.2, 0.25) is 0 Å². The normalized spacial score (nSPS) is 18.2. The van der Waals surface area contributed by atoms with E-state index >= 15 is 0 Å². The summed E-state index contributed by atoms with van der Waals surface area (Å²) in [5.74, 6) is 0. The van der Waals surface area contributed by atoms with E-state index in [1.54, 1.807) is 0 Å². The fourth-order valence-corrected chi connectivity index (χ4v) is 2.68. The van der Waals surface area contributed by atoms with Gasteiger partial charge >= 0.3 is 0 Å². The Hall–Kier alpha value is -0.820. The highest BCUT2D eigenvalue weighted by atomic mass is 16.3. The van der Waals surface area contributed by atoms with Crippen molar-refractivity contribution in [2.45, 2.75) is 46.5 Å². The lowest BCUT2D eigenvalue weighted by Crippen LogP contribution is -2.35. The van der Waals surface area contributed by atoms with Crippen LogP contribution in [-0.2, 0) is 6.42 Å². The van der Waals surface area contributed by atoms with Crippen molar-refractivity contribution in [1.29, 1.82) is 0 Å². The third-order valence-electron chi connectivity index (χ3n) is 4.27. The first-order chi connectivity index (χ1) is 7.56. The fourth-order valence-electron chi connectivity index (χ4n) is 2.68. The quantitative estimate of drug-likeness (QED) is 0.825. The molecule has 0 saturated heterocycles. The number of aliphatic hydroxyl groups excluding tert-OH is 1. The van der Waals surface area contributed by atoms with Crippen LogP contribution in [0.4, 0.5) is 0 Å². The molecule has 1 nitrogen and oxygen atoms in total. The molecule has 2 rings (SSSR count). The summed E-state index contributed by atoms with van der Waals surface area (Å²) in [6.07, 6.45) is 4.71. The molecule has 1 N–H and O–H groups in total. The smallest absolute Gasteiger partial charge is 0.0490 e. The van der Waals surface area contributed by atoms with Crippen molar-refractivity contribution in [2.75, 3.05) is 6.61 Å². The molecule has 0 amide bonds. The van der Waals surface area contributed by atoms with Crippen LogP contribution in [0, 0.1) is 26.2 Å². The predicted octanol–water partition coefficient (Wildman–Crippen LogP) is 3.32. The Kier molecular flexibility index (Phi) is 3.07. The van der Waals surface area contributed by atoms with E-state index in [0.29, 0.717) is 6.61 Å². The van der Waals surface area contributed by atoms with Crippen molar-refractivity contribution in [1.82, 2.24) is 0 Å². The maximum Gasteiger partial charge on any atom is 0.0490 e. The average Bonchev–Trinajstić information content (AvgIpc) is 2.19. The summed E-state index contributed by atoms with van der Waals surface area (Å²) in [5, 5.41) is 9.51. The highest BCUT2D eigenvalue weighted by Gasteiger charge is 2.36. The molecular weight excluding hydrogens is 196 g/mol. The van der Waals surface area contributed by atoms with E-state index in [1.165, 1.54) is 41.5 Å². The van der Waals surface area contributed by atoms with Crippen LogP contribution in [0.3, 0.4) is 0 Å². The second-order valence-corrected chi connectivity index (χ2v) is 5.55. The van der Waals surface area contributed by atoms with Crippen molar-refractivity contribution in [3.8, 4) is 0 Å². The first kappa shape index (κ1) is 11.7. The van der Waals surface area contributed by atoms with Gasteiger partial charge in [0, 0.05) is 6.61 Å². The zero-order valence-electron chi connectivity index (χ0n) is 10.6. The van der Waals surface area contributed by atoms with E-state index in [1.807, 2.05) is 0 Å². The molecule has 1 aromatic carbocycles. The molecule has 0 atom stereocenters. The Morgan fingerprint density at radius 2 is 1.69 bits per heavy atom. The molecule has 0 heterocycles. The maximum absolute atomic E-state index is 9.51. The monoisotopic (exact) mass is 218 g/mol. The summed E-state index contributed by atoms with van der Waals surface area (Å²) in [7, 11) is 0.